The molecule has 0 heterocycles. The lowest BCUT2D eigenvalue weighted by molar-refractivity contribution is 1.41. The molecule has 2 aromatic carbocycles. The van der Waals surface area contributed by atoms with Crippen molar-refractivity contribution in [3.05, 3.63) is 52.5 Å². The van der Waals surface area contributed by atoms with Crippen molar-refractivity contribution in [2.75, 3.05) is 5.73 Å². The van der Waals surface area contributed by atoms with Gasteiger partial charge in [0.1, 0.15) is 0 Å². The highest BCUT2D eigenvalue weighted by Gasteiger charge is 2.05. The Hall–Kier alpha value is -0.830. The van der Waals surface area contributed by atoms with E-state index in [1.54, 1.807) is 6.07 Å². The maximum atomic E-state index is 6.07. The van der Waals surface area contributed by atoms with Crippen LogP contribution in [0.15, 0.2) is 52.3 Å². The quantitative estimate of drug-likeness (QED) is 0.798. The average molecular weight is 270 g/mol. The first kappa shape index (κ1) is 11.6. The average Bonchev–Trinajstić information content (AvgIpc) is 2.25. The maximum absolute atomic E-state index is 6.07. The molecule has 0 saturated carbocycles. The van der Waals surface area contributed by atoms with Crippen LogP contribution in [-0.2, 0) is 0 Å². The molecule has 0 radical (unpaired) electrons. The Kier molecular flexibility index (Phi) is 3.64. The van der Waals surface area contributed by atoms with E-state index in [1.165, 1.54) is 11.8 Å². The van der Waals surface area contributed by atoms with Crippen LogP contribution < -0.4 is 5.73 Å². The van der Waals surface area contributed by atoms with Crippen LogP contribution in [0.5, 0.6) is 0 Å². The van der Waals surface area contributed by atoms with E-state index in [4.69, 9.17) is 28.9 Å². The number of nitrogen functional groups attached to an aromatic ring is 1. The lowest BCUT2D eigenvalue weighted by Gasteiger charge is -2.06. The van der Waals surface area contributed by atoms with Gasteiger partial charge < -0.3 is 5.73 Å². The highest BCUT2D eigenvalue weighted by molar-refractivity contribution is 7.99. The molecule has 0 amide bonds. The Bertz CT molecular complexity index is 514. The highest BCUT2D eigenvalue weighted by Crippen LogP contribution is 2.36. The van der Waals surface area contributed by atoms with Crippen LogP contribution in [0.2, 0.25) is 10.0 Å². The molecule has 2 rings (SSSR count). The number of benzene rings is 2. The number of rotatable bonds is 2. The smallest absolute Gasteiger partial charge is 0.0545 e. The van der Waals surface area contributed by atoms with Gasteiger partial charge in [-0.3, -0.25) is 0 Å². The first-order valence-electron chi connectivity index (χ1n) is 4.64. The minimum absolute atomic E-state index is 0.640. The molecule has 0 aromatic heterocycles. The summed E-state index contributed by atoms with van der Waals surface area (Å²) < 4.78 is 0. The molecule has 4 heteroatoms. The third kappa shape index (κ3) is 2.64. The molecule has 0 aliphatic heterocycles. The van der Waals surface area contributed by atoms with Gasteiger partial charge in [-0.1, -0.05) is 47.1 Å². The van der Waals surface area contributed by atoms with Crippen LogP contribution in [0, 0.1) is 0 Å². The van der Waals surface area contributed by atoms with Crippen molar-refractivity contribution in [1.29, 1.82) is 0 Å². The summed E-state index contributed by atoms with van der Waals surface area (Å²) in [7, 11) is 0. The second-order valence-electron chi connectivity index (χ2n) is 3.21. The minimum Gasteiger partial charge on any atom is -0.398 e. The Morgan fingerprint density at radius 3 is 2.38 bits per heavy atom. The fourth-order valence-electron chi connectivity index (χ4n) is 1.26. The fourth-order valence-corrected chi connectivity index (χ4v) is 2.55. The lowest BCUT2D eigenvalue weighted by atomic mass is 10.3. The Morgan fingerprint density at radius 1 is 0.938 bits per heavy atom. The zero-order valence-electron chi connectivity index (χ0n) is 8.28. The first-order chi connectivity index (χ1) is 7.66. The summed E-state index contributed by atoms with van der Waals surface area (Å²) >= 11 is 13.4. The fraction of sp³-hybridized carbons (Fsp3) is 0. The number of anilines is 1. The van der Waals surface area contributed by atoms with Crippen LogP contribution in [0.4, 0.5) is 5.69 Å². The second-order valence-corrected chi connectivity index (χ2v) is 5.14. The van der Waals surface area contributed by atoms with Crippen molar-refractivity contribution in [3.63, 3.8) is 0 Å². The van der Waals surface area contributed by atoms with Gasteiger partial charge in [-0.05, 0) is 30.3 Å². The van der Waals surface area contributed by atoms with E-state index in [1.807, 2.05) is 36.4 Å². The van der Waals surface area contributed by atoms with Crippen molar-refractivity contribution in [2.45, 2.75) is 9.79 Å². The maximum Gasteiger partial charge on any atom is 0.0545 e. The monoisotopic (exact) mass is 269 g/mol. The van der Waals surface area contributed by atoms with Crippen molar-refractivity contribution in [1.82, 2.24) is 0 Å². The number of nitrogens with two attached hydrogens (primary N) is 1. The summed E-state index contributed by atoms with van der Waals surface area (Å²) in [5.74, 6) is 0. The van der Waals surface area contributed by atoms with Gasteiger partial charge in [0.2, 0.25) is 0 Å². The summed E-state index contributed by atoms with van der Waals surface area (Å²) in [5.41, 5.74) is 6.54. The summed E-state index contributed by atoms with van der Waals surface area (Å²) in [6, 6.07) is 13.1. The molecule has 0 aliphatic carbocycles. The lowest BCUT2D eigenvalue weighted by Crippen LogP contribution is -1.88. The van der Waals surface area contributed by atoms with Gasteiger partial charge >= 0.3 is 0 Å². The highest BCUT2D eigenvalue weighted by atomic mass is 35.5. The molecule has 82 valence electrons. The van der Waals surface area contributed by atoms with E-state index in [2.05, 4.69) is 0 Å². The standard InChI is InChI=1S/C12H9Cl2NS/c13-8-5-6-12(10(15)7-8)16-11-4-2-1-3-9(11)14/h1-7H,15H2. The third-order valence-electron chi connectivity index (χ3n) is 2.03. The molecule has 2 N–H and O–H groups in total. The molecule has 0 atom stereocenters. The SMILES string of the molecule is Nc1cc(Cl)ccc1Sc1ccccc1Cl. The zero-order chi connectivity index (χ0) is 11.5. The van der Waals surface area contributed by atoms with Gasteiger partial charge in [0.05, 0.1) is 5.02 Å². The van der Waals surface area contributed by atoms with E-state index in [0.29, 0.717) is 10.7 Å². The van der Waals surface area contributed by atoms with Crippen LogP contribution in [0.1, 0.15) is 0 Å². The van der Waals surface area contributed by atoms with Crippen LogP contribution in [-0.4, -0.2) is 0 Å². The normalized spacial score (nSPS) is 10.4. The molecule has 0 spiro atoms. The predicted octanol–water partition coefficient (Wildman–Crippen LogP) is 4.73. The van der Waals surface area contributed by atoms with E-state index in [-0.39, 0.29) is 0 Å². The van der Waals surface area contributed by atoms with Crippen LogP contribution in [0.3, 0.4) is 0 Å². The number of hydrogen-bond acceptors (Lipinski definition) is 2. The minimum atomic E-state index is 0.640. The van der Waals surface area contributed by atoms with Crippen molar-refractivity contribution in [2.24, 2.45) is 0 Å². The van der Waals surface area contributed by atoms with Gasteiger partial charge in [-0.25, -0.2) is 0 Å². The van der Waals surface area contributed by atoms with E-state index in [9.17, 15) is 0 Å². The van der Waals surface area contributed by atoms with Gasteiger partial charge in [-0.2, -0.15) is 0 Å². The van der Waals surface area contributed by atoms with Gasteiger partial charge in [0, 0.05) is 20.5 Å². The van der Waals surface area contributed by atoms with Gasteiger partial charge in [0.15, 0.2) is 0 Å². The molecular formula is C12H9Cl2NS. The molecule has 2 aromatic rings. The van der Waals surface area contributed by atoms with Crippen LogP contribution in [0.25, 0.3) is 0 Å². The summed E-state index contributed by atoms with van der Waals surface area (Å²) in [5, 5.41) is 1.36. The van der Waals surface area contributed by atoms with Crippen molar-refractivity contribution < 1.29 is 0 Å². The van der Waals surface area contributed by atoms with Crippen molar-refractivity contribution in [3.8, 4) is 0 Å². The number of hydrogen-bond donors (Lipinski definition) is 1. The number of halogens is 2. The molecule has 16 heavy (non-hydrogen) atoms. The second kappa shape index (κ2) is 5.00. The Balaban J connectivity index is 2.31. The molecule has 0 saturated heterocycles. The Labute approximate surface area is 109 Å². The summed E-state index contributed by atoms with van der Waals surface area (Å²) in [4.78, 5) is 1.94. The molecule has 0 bridgehead atoms. The van der Waals surface area contributed by atoms with Gasteiger partial charge in [-0.15, -0.1) is 0 Å². The van der Waals surface area contributed by atoms with E-state index in [0.717, 1.165) is 14.8 Å². The molecule has 0 aliphatic rings. The largest absolute Gasteiger partial charge is 0.398 e. The molecular weight excluding hydrogens is 261 g/mol. The first-order valence-corrected chi connectivity index (χ1v) is 6.21. The van der Waals surface area contributed by atoms with Crippen molar-refractivity contribution >= 4 is 40.7 Å². The third-order valence-corrected chi connectivity index (χ3v) is 3.87. The molecule has 0 unspecified atom stereocenters. The predicted molar refractivity (Wildman–Crippen MR) is 71.4 cm³/mol. The van der Waals surface area contributed by atoms with E-state index >= 15 is 0 Å². The van der Waals surface area contributed by atoms with Gasteiger partial charge in [0.25, 0.3) is 0 Å². The molecule has 1 nitrogen and oxygen atoms in total. The summed E-state index contributed by atoms with van der Waals surface area (Å²) in [6.07, 6.45) is 0. The zero-order valence-corrected chi connectivity index (χ0v) is 10.6. The Morgan fingerprint density at radius 2 is 1.69 bits per heavy atom. The summed E-state index contributed by atoms with van der Waals surface area (Å²) in [6.45, 7) is 0. The topological polar surface area (TPSA) is 26.0 Å². The molecule has 0 fully saturated rings. The van der Waals surface area contributed by atoms with Crippen LogP contribution >= 0.6 is 35.0 Å². The van der Waals surface area contributed by atoms with E-state index < -0.39 is 0 Å².